The Morgan fingerprint density at radius 1 is 0.935 bits per heavy atom. The molecule has 62 heavy (non-hydrogen) atoms. The lowest BCUT2D eigenvalue weighted by atomic mass is 9.42. The number of hydrogen-bond acceptors (Lipinski definition) is 9. The fourth-order valence-electron chi connectivity index (χ4n) is 12.7. The smallest absolute Gasteiger partial charge is 0.305 e. The van der Waals surface area contributed by atoms with Crippen molar-refractivity contribution in [3.63, 3.8) is 0 Å². The van der Waals surface area contributed by atoms with Crippen molar-refractivity contribution >= 4 is 35.6 Å². The molecule has 4 amide bonds. The van der Waals surface area contributed by atoms with E-state index in [9.17, 15) is 29.1 Å². The molecule has 8 N–H and O–H groups in total. The molecule has 342 valence electrons. The normalized spacial score (nSPS) is 34.8. The minimum atomic E-state index is -1.37. The van der Waals surface area contributed by atoms with E-state index >= 15 is 0 Å². The minimum absolute atomic E-state index is 0.0853. The Morgan fingerprint density at radius 2 is 1.71 bits per heavy atom. The van der Waals surface area contributed by atoms with E-state index < -0.39 is 60.1 Å². The second kappa shape index (κ2) is 19.2. The minimum Gasteiger partial charge on any atom is -0.481 e. The van der Waals surface area contributed by atoms with Gasteiger partial charge in [-0.05, 0) is 118 Å². The van der Waals surface area contributed by atoms with Crippen LogP contribution >= 0.6 is 0 Å². The molecule has 0 radical (unpaired) electrons. The van der Waals surface area contributed by atoms with Gasteiger partial charge < -0.3 is 51.6 Å². The number of fused-ring (bicyclic) bond motifs is 6. The van der Waals surface area contributed by atoms with Crippen LogP contribution in [0.3, 0.4) is 0 Å². The van der Waals surface area contributed by atoms with Gasteiger partial charge in [-0.1, -0.05) is 44.2 Å². The summed E-state index contributed by atoms with van der Waals surface area (Å²) in [5, 5.41) is 18.0. The van der Waals surface area contributed by atoms with Gasteiger partial charge >= 0.3 is 5.97 Å². The number of aliphatic carboxylic acids is 1. The van der Waals surface area contributed by atoms with Crippen LogP contribution < -0.4 is 27.4 Å². The third-order valence-electron chi connectivity index (χ3n) is 16.0. The summed E-state index contributed by atoms with van der Waals surface area (Å²) in [4.78, 5) is 73.7. The Morgan fingerprint density at radius 3 is 2.42 bits per heavy atom. The third-order valence-corrected chi connectivity index (χ3v) is 16.0. The number of carbonyl (C=O) groups excluding carboxylic acids is 4. The number of aliphatic imine (C=N–C) groups is 1. The Hall–Kier alpha value is -4.28. The van der Waals surface area contributed by atoms with E-state index in [1.54, 1.807) is 0 Å². The van der Waals surface area contributed by atoms with Crippen LogP contribution in [0.4, 0.5) is 0 Å². The third kappa shape index (κ3) is 9.33. The van der Waals surface area contributed by atoms with Gasteiger partial charge in [-0.25, -0.2) is 0 Å². The second-order valence-corrected chi connectivity index (χ2v) is 19.4. The highest BCUT2D eigenvalue weighted by Gasteiger charge is 2.67. The van der Waals surface area contributed by atoms with E-state index in [1.165, 1.54) is 4.90 Å². The number of carboxylic acid groups (broad SMARTS) is 1. The standard InChI is InChI=1S/C46H69N7O9/c1-44-19-16-30(60-3)24-29(44)14-15-31-32(44)17-20-45(2)33(31)25-37(62-46(45)18-9-23-61-46)41(58)51-34(12-7-21-49-43(47)48)42(59)53-22-8-13-36(53)40(57)52-35(26-38(54)55)39(56)50-27-28-10-5-4-6-11-28/h4-6,10-11,29-37H,7-9,12-27H2,1-3H3,(H,50,56)(H,51,58)(H,52,57)(H,54,55)(H4,47,48,49)/t29-,30-,31-,32-,33-,34-,35-,36-,37+,44-,45-,46+/m0/s1. The molecule has 0 unspecified atom stereocenters. The molecule has 1 aromatic rings. The molecule has 16 heteroatoms. The zero-order chi connectivity index (χ0) is 44.2. The van der Waals surface area contributed by atoms with E-state index in [0.29, 0.717) is 62.6 Å². The number of nitrogens with two attached hydrogens (primary N) is 2. The molecule has 1 aromatic carbocycles. The monoisotopic (exact) mass is 864 g/mol. The van der Waals surface area contributed by atoms with Crippen LogP contribution in [0.5, 0.6) is 0 Å². The molecule has 3 heterocycles. The largest absolute Gasteiger partial charge is 0.481 e. The highest BCUT2D eigenvalue weighted by molar-refractivity contribution is 5.96. The molecular weight excluding hydrogens is 795 g/mol. The Kier molecular flexibility index (Phi) is 14.2. The quantitative estimate of drug-likeness (QED) is 0.0850. The average molecular weight is 864 g/mol. The van der Waals surface area contributed by atoms with Crippen molar-refractivity contribution in [1.82, 2.24) is 20.9 Å². The summed E-state index contributed by atoms with van der Waals surface area (Å²) < 4.78 is 19.4. The van der Waals surface area contributed by atoms with E-state index in [-0.39, 0.29) is 54.7 Å². The van der Waals surface area contributed by atoms with Crippen LogP contribution in [0.25, 0.3) is 0 Å². The Bertz CT molecular complexity index is 1820. The van der Waals surface area contributed by atoms with Gasteiger partial charge in [0, 0.05) is 38.6 Å². The van der Waals surface area contributed by atoms with Gasteiger partial charge in [0.05, 0.1) is 19.1 Å². The summed E-state index contributed by atoms with van der Waals surface area (Å²) in [6.07, 6.45) is 9.89. The van der Waals surface area contributed by atoms with Crippen molar-refractivity contribution in [2.24, 2.45) is 51.0 Å². The van der Waals surface area contributed by atoms with Crippen LogP contribution in [0.1, 0.15) is 116 Å². The zero-order valence-corrected chi connectivity index (χ0v) is 36.8. The van der Waals surface area contributed by atoms with Crippen molar-refractivity contribution in [2.75, 3.05) is 26.8 Å². The van der Waals surface area contributed by atoms with Crippen LogP contribution in [-0.4, -0.2) is 108 Å². The molecule has 16 nitrogen and oxygen atoms in total. The number of carboxylic acids is 1. The van der Waals surface area contributed by atoms with E-state index in [0.717, 1.165) is 56.9 Å². The first kappa shape index (κ1) is 45.7. The Labute approximate surface area is 365 Å². The number of methoxy groups -OCH3 is 1. The molecule has 3 aliphatic carbocycles. The molecule has 6 aliphatic rings. The molecule has 3 aliphatic heterocycles. The van der Waals surface area contributed by atoms with Crippen LogP contribution in [0.15, 0.2) is 35.3 Å². The number of likely N-dealkylation sites (tertiary alicyclic amines) is 1. The highest BCUT2D eigenvalue weighted by atomic mass is 16.7. The summed E-state index contributed by atoms with van der Waals surface area (Å²) in [5.41, 5.74) is 12.0. The van der Waals surface area contributed by atoms with Gasteiger partial charge in [0.1, 0.15) is 24.2 Å². The van der Waals surface area contributed by atoms with Crippen LogP contribution in [-0.2, 0) is 44.7 Å². The van der Waals surface area contributed by atoms with Crippen molar-refractivity contribution in [2.45, 2.75) is 153 Å². The first-order valence-corrected chi connectivity index (χ1v) is 23.0. The molecule has 3 saturated carbocycles. The number of nitrogens with zero attached hydrogens (tertiary/aromatic N) is 2. The number of nitrogens with one attached hydrogen (secondary N) is 3. The van der Waals surface area contributed by atoms with Crippen LogP contribution in [0, 0.1) is 34.5 Å². The van der Waals surface area contributed by atoms with E-state index in [1.807, 2.05) is 37.4 Å². The SMILES string of the molecule is CO[C@H]1CC[C@@]2(C)[C@@H](CC[C@H]3[C@@H]2CC[C@@]2(C)[C@H]3C[C@H](C(=O)N[C@@H](CCCN=C(N)N)C(=O)N3CCC[C@H]3C(=O)N[C@@H](CC(=O)O)C(=O)NCc3ccccc3)O[C@]23CCCO3)C1. The number of rotatable bonds is 15. The molecule has 12 atom stereocenters. The summed E-state index contributed by atoms with van der Waals surface area (Å²) in [5.74, 6) is -2.62. The number of ether oxygens (including phenoxy) is 3. The number of amides is 4. The molecule has 1 spiro atoms. The van der Waals surface area contributed by atoms with Gasteiger partial charge in [0.15, 0.2) is 11.7 Å². The van der Waals surface area contributed by atoms with Crippen LogP contribution in [0.2, 0.25) is 0 Å². The van der Waals surface area contributed by atoms with Gasteiger partial charge in [-0.2, -0.15) is 0 Å². The average Bonchev–Trinajstić information content (AvgIpc) is 3.95. The molecule has 7 rings (SSSR count). The maximum absolute atomic E-state index is 14.7. The Balaban J connectivity index is 1.08. The number of hydrogen-bond donors (Lipinski definition) is 6. The molecule has 6 fully saturated rings. The number of benzene rings is 1. The number of carbonyl (C=O) groups is 5. The van der Waals surface area contributed by atoms with Crippen molar-refractivity contribution in [1.29, 1.82) is 0 Å². The zero-order valence-electron chi connectivity index (χ0n) is 36.8. The van der Waals surface area contributed by atoms with Crippen molar-refractivity contribution in [3.05, 3.63) is 35.9 Å². The predicted octanol–water partition coefficient (Wildman–Crippen LogP) is 3.35. The predicted molar refractivity (Wildman–Crippen MR) is 230 cm³/mol. The van der Waals surface area contributed by atoms with Gasteiger partial charge in [-0.15, -0.1) is 0 Å². The van der Waals surface area contributed by atoms with E-state index in [4.69, 9.17) is 25.7 Å². The topological polar surface area (TPSA) is 237 Å². The lowest BCUT2D eigenvalue weighted by Gasteiger charge is -2.66. The first-order valence-electron chi connectivity index (χ1n) is 23.0. The fraction of sp³-hybridized carbons (Fsp3) is 0.739. The second-order valence-electron chi connectivity index (χ2n) is 19.4. The van der Waals surface area contributed by atoms with Gasteiger partial charge in [0.2, 0.25) is 23.6 Å². The van der Waals surface area contributed by atoms with Gasteiger partial charge in [-0.3, -0.25) is 29.0 Å². The summed E-state index contributed by atoms with van der Waals surface area (Å²) in [6, 6.07) is 5.76. The van der Waals surface area contributed by atoms with Crippen molar-refractivity contribution in [3.8, 4) is 0 Å². The summed E-state index contributed by atoms with van der Waals surface area (Å²) in [7, 11) is 1.83. The summed E-state index contributed by atoms with van der Waals surface area (Å²) >= 11 is 0. The number of guanidine groups is 1. The lowest BCUT2D eigenvalue weighted by molar-refractivity contribution is -0.348. The first-order chi connectivity index (χ1) is 29.7. The van der Waals surface area contributed by atoms with E-state index in [2.05, 4.69) is 34.8 Å². The van der Waals surface area contributed by atoms with Gasteiger partial charge in [0.25, 0.3) is 0 Å². The molecule has 0 bridgehead atoms. The fourth-order valence-corrected chi connectivity index (χ4v) is 12.7. The highest BCUT2D eigenvalue weighted by Crippen LogP contribution is 2.68. The maximum atomic E-state index is 14.7. The van der Waals surface area contributed by atoms with Crippen molar-refractivity contribution < 1.29 is 43.3 Å². The summed E-state index contributed by atoms with van der Waals surface area (Å²) in [6.45, 7) is 6.01. The molecule has 3 saturated heterocycles. The maximum Gasteiger partial charge on any atom is 0.305 e. The lowest BCUT2D eigenvalue weighted by Crippen LogP contribution is -2.66. The molecule has 0 aromatic heterocycles. The molecular formula is C46H69N7O9.